The maximum Gasteiger partial charge on any atom is 0.416 e. The number of halogens is 5. The van der Waals surface area contributed by atoms with Crippen molar-refractivity contribution in [3.63, 3.8) is 0 Å². The summed E-state index contributed by atoms with van der Waals surface area (Å²) in [6, 6.07) is 13.2. The van der Waals surface area contributed by atoms with E-state index in [-0.39, 0.29) is 16.3 Å². The van der Waals surface area contributed by atoms with Gasteiger partial charge in [0.05, 0.1) is 28.2 Å². The van der Waals surface area contributed by atoms with Crippen LogP contribution in [0.5, 0.6) is 0 Å². The highest BCUT2D eigenvalue weighted by Crippen LogP contribution is 2.36. The van der Waals surface area contributed by atoms with Gasteiger partial charge in [0.2, 0.25) is 5.91 Å². The molecule has 0 bridgehead atoms. The summed E-state index contributed by atoms with van der Waals surface area (Å²) in [5, 5.41) is 2.89. The zero-order valence-corrected chi connectivity index (χ0v) is 16.1. The molecule has 1 atom stereocenters. The van der Waals surface area contributed by atoms with Crippen LogP contribution < -0.4 is 11.1 Å². The first-order chi connectivity index (χ1) is 14.1. The summed E-state index contributed by atoms with van der Waals surface area (Å²) in [5.74, 6) is -1.72. The Hall–Kier alpha value is -2.97. The minimum Gasteiger partial charge on any atom is -0.326 e. The van der Waals surface area contributed by atoms with Crippen molar-refractivity contribution in [2.45, 2.75) is 18.1 Å². The number of pyridine rings is 1. The third-order valence-electron chi connectivity index (χ3n) is 4.42. The number of rotatable bonds is 5. The number of para-hydroxylation sites is 1. The van der Waals surface area contributed by atoms with Gasteiger partial charge < -0.3 is 11.1 Å². The molecule has 1 heterocycles. The molecule has 2 aromatic carbocycles. The molecule has 3 N–H and O–H groups in total. The molecule has 3 rings (SSSR count). The van der Waals surface area contributed by atoms with Gasteiger partial charge in [0.15, 0.2) is 0 Å². The molecule has 0 radical (unpaired) electrons. The molecular weight excluding hydrogens is 422 g/mol. The van der Waals surface area contributed by atoms with Crippen LogP contribution >= 0.6 is 11.6 Å². The molecule has 0 saturated carbocycles. The SMILES string of the molecule is N[C@@](CC(=O)Nc1ccccc1)(c1cc(F)cc(C(F)(F)F)c1)c1ccc(Cl)cn1. The summed E-state index contributed by atoms with van der Waals surface area (Å²) < 4.78 is 53.7. The lowest BCUT2D eigenvalue weighted by Gasteiger charge is -2.30. The Morgan fingerprint density at radius 1 is 1.03 bits per heavy atom. The number of anilines is 1. The Bertz CT molecular complexity index is 1040. The molecule has 1 amide bonds. The number of aromatic nitrogens is 1. The van der Waals surface area contributed by atoms with Crippen molar-refractivity contribution in [2.24, 2.45) is 5.73 Å². The van der Waals surface area contributed by atoms with Crippen LogP contribution in [0.15, 0.2) is 66.9 Å². The van der Waals surface area contributed by atoms with Crippen molar-refractivity contribution in [2.75, 3.05) is 5.32 Å². The van der Waals surface area contributed by atoms with Crippen LogP contribution in [0.4, 0.5) is 23.2 Å². The quantitative estimate of drug-likeness (QED) is 0.544. The smallest absolute Gasteiger partial charge is 0.326 e. The fraction of sp³-hybridized carbons (Fsp3) is 0.143. The van der Waals surface area contributed by atoms with E-state index in [1.807, 2.05) is 0 Å². The molecule has 0 saturated heterocycles. The number of alkyl halides is 3. The molecule has 0 aliphatic rings. The lowest BCUT2D eigenvalue weighted by atomic mass is 9.82. The number of hydrogen-bond acceptors (Lipinski definition) is 3. The molecule has 0 spiro atoms. The normalized spacial score (nSPS) is 13.5. The van der Waals surface area contributed by atoms with E-state index in [1.165, 1.54) is 18.3 Å². The molecular formula is C21H16ClF4N3O. The zero-order valence-electron chi connectivity index (χ0n) is 15.4. The first-order valence-electron chi connectivity index (χ1n) is 8.72. The van der Waals surface area contributed by atoms with Crippen LogP contribution in [0.3, 0.4) is 0 Å². The van der Waals surface area contributed by atoms with E-state index in [9.17, 15) is 22.4 Å². The van der Waals surface area contributed by atoms with Crippen LogP contribution in [0.1, 0.15) is 23.2 Å². The van der Waals surface area contributed by atoms with Gasteiger partial charge in [-0.2, -0.15) is 13.2 Å². The molecule has 156 valence electrons. The van der Waals surface area contributed by atoms with Gasteiger partial charge >= 0.3 is 6.18 Å². The lowest BCUT2D eigenvalue weighted by molar-refractivity contribution is -0.137. The first kappa shape index (κ1) is 21.7. The van der Waals surface area contributed by atoms with Crippen LogP contribution in [0, 0.1) is 5.82 Å². The summed E-state index contributed by atoms with van der Waals surface area (Å²) in [7, 11) is 0. The molecule has 0 aliphatic carbocycles. The number of nitrogens with two attached hydrogens (primary N) is 1. The van der Waals surface area contributed by atoms with Gasteiger partial charge in [-0.25, -0.2) is 4.39 Å². The number of carbonyl (C=O) groups is 1. The van der Waals surface area contributed by atoms with Gasteiger partial charge in [-0.05, 0) is 48.0 Å². The Morgan fingerprint density at radius 2 is 1.70 bits per heavy atom. The molecule has 0 aliphatic heterocycles. The lowest BCUT2D eigenvalue weighted by Crippen LogP contribution is -2.42. The number of hydrogen-bond donors (Lipinski definition) is 2. The highest BCUT2D eigenvalue weighted by Gasteiger charge is 2.38. The van der Waals surface area contributed by atoms with E-state index in [4.69, 9.17) is 17.3 Å². The van der Waals surface area contributed by atoms with Gasteiger partial charge in [-0.15, -0.1) is 0 Å². The number of benzene rings is 2. The van der Waals surface area contributed by atoms with Crippen molar-refractivity contribution >= 4 is 23.2 Å². The number of carbonyl (C=O) groups excluding carboxylic acids is 1. The fourth-order valence-electron chi connectivity index (χ4n) is 2.97. The third-order valence-corrected chi connectivity index (χ3v) is 4.65. The third kappa shape index (κ3) is 4.95. The fourth-order valence-corrected chi connectivity index (χ4v) is 3.08. The van der Waals surface area contributed by atoms with E-state index < -0.39 is 35.4 Å². The second kappa shape index (κ2) is 8.41. The molecule has 1 aromatic heterocycles. The first-order valence-corrected chi connectivity index (χ1v) is 9.10. The van der Waals surface area contributed by atoms with Crippen LogP contribution in [0.2, 0.25) is 5.02 Å². The highest BCUT2D eigenvalue weighted by molar-refractivity contribution is 6.30. The summed E-state index contributed by atoms with van der Waals surface area (Å²) in [6.45, 7) is 0. The largest absolute Gasteiger partial charge is 0.416 e. The maximum absolute atomic E-state index is 14.1. The van der Waals surface area contributed by atoms with E-state index in [1.54, 1.807) is 30.3 Å². The Labute approximate surface area is 174 Å². The average Bonchev–Trinajstić information content (AvgIpc) is 2.68. The monoisotopic (exact) mass is 437 g/mol. The molecule has 0 fully saturated rings. The Morgan fingerprint density at radius 3 is 2.30 bits per heavy atom. The van der Waals surface area contributed by atoms with Crippen LogP contribution in [-0.2, 0) is 16.5 Å². The van der Waals surface area contributed by atoms with Gasteiger partial charge in [0.25, 0.3) is 0 Å². The van der Waals surface area contributed by atoms with Gasteiger partial charge in [-0.3, -0.25) is 9.78 Å². The molecule has 4 nitrogen and oxygen atoms in total. The standard InChI is InChI=1S/C21H16ClF4N3O/c22-15-6-7-18(28-12-15)20(27,11-19(30)29-17-4-2-1-3-5-17)13-8-14(21(24,25)26)10-16(23)9-13/h1-10,12H,11,27H2,(H,29,30)/t20-/m0/s1. The van der Waals surface area contributed by atoms with Gasteiger partial charge in [-0.1, -0.05) is 29.8 Å². The number of amides is 1. The van der Waals surface area contributed by atoms with Gasteiger partial charge in [0, 0.05) is 11.9 Å². The van der Waals surface area contributed by atoms with Crippen molar-refractivity contribution in [3.05, 3.63) is 94.5 Å². The Kier molecular flexibility index (Phi) is 6.09. The predicted octanol–water partition coefficient (Wildman–Crippen LogP) is 5.12. The Balaban J connectivity index is 2.05. The van der Waals surface area contributed by atoms with Crippen molar-refractivity contribution in [1.82, 2.24) is 4.98 Å². The summed E-state index contributed by atoms with van der Waals surface area (Å²) in [6.07, 6.45) is -4.04. The summed E-state index contributed by atoms with van der Waals surface area (Å²) in [4.78, 5) is 16.7. The second-order valence-corrected chi connectivity index (χ2v) is 7.09. The topological polar surface area (TPSA) is 68.0 Å². The zero-order chi connectivity index (χ0) is 21.9. The van der Waals surface area contributed by atoms with E-state index >= 15 is 0 Å². The summed E-state index contributed by atoms with van der Waals surface area (Å²) >= 11 is 5.84. The second-order valence-electron chi connectivity index (χ2n) is 6.65. The van der Waals surface area contributed by atoms with Gasteiger partial charge in [0.1, 0.15) is 5.82 Å². The van der Waals surface area contributed by atoms with E-state index in [0.29, 0.717) is 11.8 Å². The average molecular weight is 438 g/mol. The summed E-state index contributed by atoms with van der Waals surface area (Å²) in [5.41, 5.74) is 3.66. The van der Waals surface area contributed by atoms with Crippen molar-refractivity contribution in [3.8, 4) is 0 Å². The molecule has 3 aromatic rings. The van der Waals surface area contributed by atoms with E-state index in [2.05, 4.69) is 10.3 Å². The highest BCUT2D eigenvalue weighted by atomic mass is 35.5. The van der Waals surface area contributed by atoms with Crippen LogP contribution in [0.25, 0.3) is 0 Å². The van der Waals surface area contributed by atoms with Crippen molar-refractivity contribution < 1.29 is 22.4 Å². The van der Waals surface area contributed by atoms with E-state index in [0.717, 1.165) is 12.1 Å². The molecule has 0 unspecified atom stereocenters. The minimum atomic E-state index is -4.79. The maximum atomic E-state index is 14.1. The predicted molar refractivity (Wildman–Crippen MR) is 105 cm³/mol. The van der Waals surface area contributed by atoms with Crippen molar-refractivity contribution in [1.29, 1.82) is 0 Å². The number of nitrogens with zero attached hydrogens (tertiary/aromatic N) is 1. The minimum absolute atomic E-state index is 0.0637. The molecule has 30 heavy (non-hydrogen) atoms. The number of nitrogens with one attached hydrogen (secondary N) is 1. The molecule has 9 heteroatoms. The van der Waals surface area contributed by atoms with Crippen LogP contribution in [-0.4, -0.2) is 10.9 Å².